The number of carbonyl (C=O) groups is 1. The predicted octanol–water partition coefficient (Wildman–Crippen LogP) is 2.01. The van der Waals surface area contributed by atoms with Gasteiger partial charge in [-0.25, -0.2) is 0 Å². The Bertz CT molecular complexity index is 466. The molecule has 1 aromatic rings. The SMILES string of the molecule is CC(C)Nc1cccc2c1C(=N)CCNC2=O. The quantitative estimate of drug-likeness (QED) is 0.729. The van der Waals surface area contributed by atoms with E-state index in [2.05, 4.69) is 10.6 Å². The van der Waals surface area contributed by atoms with E-state index < -0.39 is 0 Å². The second-order valence-corrected chi connectivity index (χ2v) is 4.51. The first-order valence-corrected chi connectivity index (χ1v) is 5.85. The van der Waals surface area contributed by atoms with Gasteiger partial charge in [-0.3, -0.25) is 4.79 Å². The molecular formula is C13H17N3O. The third kappa shape index (κ3) is 2.30. The number of hydrogen-bond acceptors (Lipinski definition) is 3. The molecule has 0 bridgehead atoms. The van der Waals surface area contributed by atoms with Crippen molar-refractivity contribution in [2.45, 2.75) is 26.3 Å². The van der Waals surface area contributed by atoms with Crippen LogP contribution < -0.4 is 10.6 Å². The summed E-state index contributed by atoms with van der Waals surface area (Å²) in [6.07, 6.45) is 0.579. The first-order valence-electron chi connectivity index (χ1n) is 5.85. The maximum atomic E-state index is 11.9. The van der Waals surface area contributed by atoms with E-state index in [9.17, 15) is 4.79 Å². The molecule has 1 heterocycles. The van der Waals surface area contributed by atoms with Crippen LogP contribution in [0.3, 0.4) is 0 Å². The molecule has 4 heteroatoms. The summed E-state index contributed by atoms with van der Waals surface area (Å²) >= 11 is 0. The zero-order valence-corrected chi connectivity index (χ0v) is 10.1. The van der Waals surface area contributed by atoms with Gasteiger partial charge in [-0.05, 0) is 26.0 Å². The molecule has 0 atom stereocenters. The van der Waals surface area contributed by atoms with Gasteiger partial charge in [0.25, 0.3) is 5.91 Å². The lowest BCUT2D eigenvalue weighted by atomic mass is 9.99. The second kappa shape index (κ2) is 4.57. The van der Waals surface area contributed by atoms with Gasteiger partial charge in [-0.1, -0.05) is 6.07 Å². The largest absolute Gasteiger partial charge is 0.382 e. The molecule has 0 unspecified atom stereocenters. The number of nitrogens with one attached hydrogen (secondary N) is 3. The van der Waals surface area contributed by atoms with Crippen LogP contribution in [0.5, 0.6) is 0 Å². The van der Waals surface area contributed by atoms with Gasteiger partial charge < -0.3 is 16.0 Å². The van der Waals surface area contributed by atoms with E-state index in [1.54, 1.807) is 6.07 Å². The molecule has 2 rings (SSSR count). The Morgan fingerprint density at radius 1 is 1.41 bits per heavy atom. The van der Waals surface area contributed by atoms with Crippen LogP contribution >= 0.6 is 0 Å². The highest BCUT2D eigenvalue weighted by Gasteiger charge is 2.21. The highest BCUT2D eigenvalue weighted by molar-refractivity contribution is 6.14. The summed E-state index contributed by atoms with van der Waals surface area (Å²) < 4.78 is 0. The van der Waals surface area contributed by atoms with E-state index >= 15 is 0 Å². The Hall–Kier alpha value is -1.84. The highest BCUT2D eigenvalue weighted by atomic mass is 16.1. The van der Waals surface area contributed by atoms with E-state index in [-0.39, 0.29) is 11.9 Å². The van der Waals surface area contributed by atoms with Gasteiger partial charge in [0.1, 0.15) is 0 Å². The Morgan fingerprint density at radius 3 is 2.88 bits per heavy atom. The van der Waals surface area contributed by atoms with Crippen molar-refractivity contribution in [2.24, 2.45) is 0 Å². The Morgan fingerprint density at radius 2 is 2.18 bits per heavy atom. The van der Waals surface area contributed by atoms with Crippen molar-refractivity contribution in [3.63, 3.8) is 0 Å². The van der Waals surface area contributed by atoms with E-state index in [1.807, 2.05) is 26.0 Å². The molecule has 0 saturated carbocycles. The first kappa shape index (κ1) is 11.6. The van der Waals surface area contributed by atoms with Crippen LogP contribution in [0, 0.1) is 5.41 Å². The van der Waals surface area contributed by atoms with E-state index in [0.29, 0.717) is 24.2 Å². The van der Waals surface area contributed by atoms with Crippen molar-refractivity contribution < 1.29 is 4.79 Å². The molecule has 1 amide bonds. The molecule has 1 aliphatic heterocycles. The molecule has 0 aliphatic carbocycles. The molecule has 1 aliphatic rings. The number of anilines is 1. The summed E-state index contributed by atoms with van der Waals surface area (Å²) in [4.78, 5) is 11.9. The smallest absolute Gasteiger partial charge is 0.252 e. The monoisotopic (exact) mass is 231 g/mol. The molecule has 3 N–H and O–H groups in total. The Kier molecular flexibility index (Phi) is 3.13. The van der Waals surface area contributed by atoms with Crippen molar-refractivity contribution in [1.29, 1.82) is 5.41 Å². The molecule has 90 valence electrons. The number of rotatable bonds is 2. The fourth-order valence-corrected chi connectivity index (χ4v) is 2.02. The van der Waals surface area contributed by atoms with Crippen molar-refractivity contribution in [3.8, 4) is 0 Å². The lowest BCUT2D eigenvalue weighted by molar-refractivity contribution is 0.0956. The Labute approximate surface area is 101 Å². The minimum atomic E-state index is -0.0883. The van der Waals surface area contributed by atoms with Gasteiger partial charge >= 0.3 is 0 Å². The Balaban J connectivity index is 2.53. The molecule has 0 aromatic heterocycles. The summed E-state index contributed by atoms with van der Waals surface area (Å²) in [6, 6.07) is 5.82. The van der Waals surface area contributed by atoms with E-state index in [1.165, 1.54) is 0 Å². The summed E-state index contributed by atoms with van der Waals surface area (Å²) in [5.74, 6) is -0.0883. The lowest BCUT2D eigenvalue weighted by Gasteiger charge is -2.16. The van der Waals surface area contributed by atoms with Gasteiger partial charge in [0.2, 0.25) is 0 Å². The number of amides is 1. The fourth-order valence-electron chi connectivity index (χ4n) is 2.02. The van der Waals surface area contributed by atoms with Crippen LogP contribution in [-0.2, 0) is 0 Å². The predicted molar refractivity (Wildman–Crippen MR) is 69.0 cm³/mol. The molecule has 0 saturated heterocycles. The van der Waals surface area contributed by atoms with Crippen LogP contribution in [0.2, 0.25) is 0 Å². The number of hydrogen-bond donors (Lipinski definition) is 3. The normalized spacial score (nSPS) is 15.2. The number of fused-ring (bicyclic) bond motifs is 1. The molecule has 0 spiro atoms. The molecule has 17 heavy (non-hydrogen) atoms. The third-order valence-corrected chi connectivity index (χ3v) is 2.72. The molecule has 4 nitrogen and oxygen atoms in total. The van der Waals surface area contributed by atoms with Gasteiger partial charge in [0, 0.05) is 36.0 Å². The first-order chi connectivity index (χ1) is 8.09. The van der Waals surface area contributed by atoms with Crippen LogP contribution in [0.4, 0.5) is 5.69 Å². The molecule has 0 fully saturated rings. The zero-order chi connectivity index (χ0) is 12.4. The second-order valence-electron chi connectivity index (χ2n) is 4.51. The average molecular weight is 231 g/mol. The van der Waals surface area contributed by atoms with Crippen LogP contribution in [0.15, 0.2) is 18.2 Å². The average Bonchev–Trinajstić information content (AvgIpc) is 2.40. The highest BCUT2D eigenvalue weighted by Crippen LogP contribution is 2.24. The van der Waals surface area contributed by atoms with E-state index in [4.69, 9.17) is 5.41 Å². The summed E-state index contributed by atoms with van der Waals surface area (Å²) in [5.41, 5.74) is 2.73. The fraction of sp³-hybridized carbons (Fsp3) is 0.385. The standard InChI is InChI=1S/C13H17N3O/c1-8(2)16-11-5-3-4-9-12(11)10(14)6-7-15-13(9)17/h3-5,8,14,16H,6-7H2,1-2H3,(H,15,17). The molecular weight excluding hydrogens is 214 g/mol. The van der Waals surface area contributed by atoms with Crippen molar-refractivity contribution >= 4 is 17.3 Å². The third-order valence-electron chi connectivity index (χ3n) is 2.72. The minimum absolute atomic E-state index is 0.0883. The van der Waals surface area contributed by atoms with Crippen molar-refractivity contribution in [3.05, 3.63) is 29.3 Å². The molecule has 0 radical (unpaired) electrons. The van der Waals surface area contributed by atoms with Crippen LogP contribution in [0.25, 0.3) is 0 Å². The van der Waals surface area contributed by atoms with Crippen LogP contribution in [0.1, 0.15) is 36.2 Å². The zero-order valence-electron chi connectivity index (χ0n) is 10.1. The maximum absolute atomic E-state index is 11.9. The van der Waals surface area contributed by atoms with Gasteiger partial charge in [0.05, 0.1) is 5.56 Å². The number of benzene rings is 1. The van der Waals surface area contributed by atoms with Crippen molar-refractivity contribution in [1.82, 2.24) is 5.32 Å². The maximum Gasteiger partial charge on any atom is 0.252 e. The van der Waals surface area contributed by atoms with Gasteiger partial charge in [-0.2, -0.15) is 0 Å². The van der Waals surface area contributed by atoms with Gasteiger partial charge in [-0.15, -0.1) is 0 Å². The minimum Gasteiger partial charge on any atom is -0.382 e. The number of carbonyl (C=O) groups excluding carboxylic acids is 1. The van der Waals surface area contributed by atoms with E-state index in [0.717, 1.165) is 11.3 Å². The summed E-state index contributed by atoms with van der Waals surface area (Å²) in [6.45, 7) is 4.62. The molecule has 1 aromatic carbocycles. The lowest BCUT2D eigenvalue weighted by Crippen LogP contribution is -2.22. The summed E-state index contributed by atoms with van der Waals surface area (Å²) in [5, 5.41) is 14.1. The van der Waals surface area contributed by atoms with Gasteiger partial charge in [0.15, 0.2) is 0 Å². The summed E-state index contributed by atoms with van der Waals surface area (Å²) in [7, 11) is 0. The topological polar surface area (TPSA) is 65.0 Å². The van der Waals surface area contributed by atoms with Crippen molar-refractivity contribution in [2.75, 3.05) is 11.9 Å². The van der Waals surface area contributed by atoms with Crippen LogP contribution in [-0.4, -0.2) is 24.2 Å².